The van der Waals surface area contributed by atoms with Crippen molar-refractivity contribution >= 4 is 40.7 Å². The number of carbonyl (C=O) groups is 1. The van der Waals surface area contributed by atoms with Gasteiger partial charge in [0.15, 0.2) is 0 Å². The van der Waals surface area contributed by atoms with Crippen LogP contribution in [0, 0.1) is 6.92 Å². The molecule has 1 rings (SSSR count). The highest BCUT2D eigenvalue weighted by Gasteiger charge is 2.34. The van der Waals surface area contributed by atoms with Crippen molar-refractivity contribution in [2.45, 2.75) is 36.8 Å². The molecule has 0 unspecified atom stereocenters. The molecule has 0 aromatic heterocycles. The molecule has 1 atom stereocenters. The maximum absolute atomic E-state index is 12.1. The average Bonchev–Trinajstić information content (AvgIpc) is 2.27. The second-order valence-corrected chi connectivity index (χ2v) is 7.00. The van der Waals surface area contributed by atoms with Gasteiger partial charge in [0.05, 0.1) is 0 Å². The summed E-state index contributed by atoms with van der Waals surface area (Å²) in [6.45, 7) is 5.76. The van der Waals surface area contributed by atoms with E-state index in [9.17, 15) is 4.79 Å². The largest absolute Gasteiger partial charge is 0.333 e. The molecule has 6 heteroatoms. The topological polar surface area (TPSA) is 41.1 Å². The highest BCUT2D eigenvalue weighted by molar-refractivity contribution is 6.68. The molecular formula is C13H17Cl3N2O. The van der Waals surface area contributed by atoms with Crippen molar-refractivity contribution in [1.82, 2.24) is 10.6 Å². The third-order valence-electron chi connectivity index (χ3n) is 2.42. The Morgan fingerprint density at radius 3 is 2.11 bits per heavy atom. The summed E-state index contributed by atoms with van der Waals surface area (Å²) in [6, 6.07) is 7.24. The van der Waals surface area contributed by atoms with E-state index in [0.717, 1.165) is 5.56 Å². The third kappa shape index (κ3) is 5.57. The summed E-state index contributed by atoms with van der Waals surface area (Å²) in [5.41, 5.74) is 1.60. The van der Waals surface area contributed by atoms with Gasteiger partial charge in [-0.05, 0) is 32.9 Å². The Balaban J connectivity index is 2.79. The summed E-state index contributed by atoms with van der Waals surface area (Å²) in [5.74, 6) is -0.288. The summed E-state index contributed by atoms with van der Waals surface area (Å²) in [7, 11) is 0. The van der Waals surface area contributed by atoms with Gasteiger partial charge in [-0.15, -0.1) is 0 Å². The summed E-state index contributed by atoms with van der Waals surface area (Å²) < 4.78 is -1.62. The Morgan fingerprint density at radius 1 is 1.16 bits per heavy atom. The van der Waals surface area contributed by atoms with Crippen LogP contribution in [0.25, 0.3) is 0 Å². The number of halogens is 3. The first-order valence-electron chi connectivity index (χ1n) is 5.90. The average molecular weight is 324 g/mol. The Kier molecular flexibility index (Phi) is 5.93. The van der Waals surface area contributed by atoms with Crippen LogP contribution < -0.4 is 10.6 Å². The van der Waals surface area contributed by atoms with Crippen LogP contribution in [0.15, 0.2) is 24.3 Å². The first kappa shape index (κ1) is 16.6. The predicted octanol–water partition coefficient (Wildman–Crippen LogP) is 3.42. The van der Waals surface area contributed by atoms with Crippen LogP contribution in [0.1, 0.15) is 29.8 Å². The Hall–Kier alpha value is -0.480. The zero-order chi connectivity index (χ0) is 14.6. The molecule has 1 amide bonds. The van der Waals surface area contributed by atoms with E-state index in [1.165, 1.54) is 0 Å². The molecule has 0 radical (unpaired) electrons. The molecule has 0 heterocycles. The molecule has 2 N–H and O–H groups in total. The van der Waals surface area contributed by atoms with Gasteiger partial charge in [0.25, 0.3) is 5.91 Å². The Morgan fingerprint density at radius 2 is 1.68 bits per heavy atom. The second-order valence-electron chi connectivity index (χ2n) is 4.64. The zero-order valence-corrected chi connectivity index (χ0v) is 13.3. The monoisotopic (exact) mass is 322 g/mol. The lowest BCUT2D eigenvalue weighted by atomic mass is 10.1. The second kappa shape index (κ2) is 6.80. The van der Waals surface area contributed by atoms with E-state index < -0.39 is 9.96 Å². The molecule has 0 fully saturated rings. The number of rotatable bonds is 4. The minimum atomic E-state index is -1.62. The molecule has 0 saturated heterocycles. The molecule has 1 aromatic carbocycles. The van der Waals surface area contributed by atoms with E-state index in [0.29, 0.717) is 5.56 Å². The van der Waals surface area contributed by atoms with Crippen LogP contribution in [-0.2, 0) is 0 Å². The zero-order valence-electron chi connectivity index (χ0n) is 11.0. The number of hydrogen-bond acceptors (Lipinski definition) is 2. The number of aryl methyl sites for hydroxylation is 1. The molecule has 0 aliphatic heterocycles. The molecule has 106 valence electrons. The number of alkyl halides is 3. The molecule has 3 nitrogen and oxygen atoms in total. The Labute approximate surface area is 128 Å². The van der Waals surface area contributed by atoms with Gasteiger partial charge in [-0.2, -0.15) is 0 Å². The lowest BCUT2D eigenvalue weighted by molar-refractivity contribution is 0.0928. The lowest BCUT2D eigenvalue weighted by Crippen LogP contribution is -2.55. The molecule has 0 spiro atoms. The van der Waals surface area contributed by atoms with Crippen molar-refractivity contribution in [2.75, 3.05) is 0 Å². The molecule has 0 saturated carbocycles. The quantitative estimate of drug-likeness (QED) is 0.658. The van der Waals surface area contributed by atoms with Gasteiger partial charge in [0.1, 0.15) is 6.17 Å². The smallest absolute Gasteiger partial charge is 0.252 e. The van der Waals surface area contributed by atoms with Crippen LogP contribution in [0.2, 0.25) is 0 Å². The lowest BCUT2D eigenvalue weighted by Gasteiger charge is -2.28. The van der Waals surface area contributed by atoms with Gasteiger partial charge >= 0.3 is 0 Å². The fourth-order valence-corrected chi connectivity index (χ4v) is 1.82. The van der Waals surface area contributed by atoms with Crippen LogP contribution in [0.5, 0.6) is 0 Å². The summed E-state index contributed by atoms with van der Waals surface area (Å²) in [5, 5.41) is 5.68. The van der Waals surface area contributed by atoms with Crippen LogP contribution >= 0.6 is 34.8 Å². The van der Waals surface area contributed by atoms with Gasteiger partial charge in [-0.1, -0.05) is 52.5 Å². The van der Waals surface area contributed by atoms with Crippen molar-refractivity contribution in [3.8, 4) is 0 Å². The summed E-state index contributed by atoms with van der Waals surface area (Å²) in [4.78, 5) is 12.1. The summed E-state index contributed by atoms with van der Waals surface area (Å²) >= 11 is 17.6. The maximum atomic E-state index is 12.1. The van der Waals surface area contributed by atoms with E-state index in [1.54, 1.807) is 12.1 Å². The van der Waals surface area contributed by atoms with Gasteiger partial charge < -0.3 is 5.32 Å². The minimum absolute atomic E-state index is 0.0685. The van der Waals surface area contributed by atoms with E-state index in [-0.39, 0.29) is 11.9 Å². The first-order chi connectivity index (χ1) is 8.70. The van der Waals surface area contributed by atoms with Gasteiger partial charge in [-0.3, -0.25) is 10.1 Å². The fourth-order valence-electron chi connectivity index (χ4n) is 1.47. The number of hydrogen-bond donors (Lipinski definition) is 2. The van der Waals surface area contributed by atoms with Gasteiger partial charge in [0.2, 0.25) is 3.79 Å². The van der Waals surface area contributed by atoms with Crippen LogP contribution in [0.3, 0.4) is 0 Å². The normalized spacial score (nSPS) is 13.4. The van der Waals surface area contributed by atoms with E-state index >= 15 is 0 Å². The molecule has 0 bridgehead atoms. The van der Waals surface area contributed by atoms with Crippen molar-refractivity contribution in [1.29, 1.82) is 0 Å². The standard InChI is InChI=1S/C13H17Cl3N2O/c1-8(2)17-12(13(14,15)16)18-11(19)10-6-4-9(3)5-7-10/h4-8,12,17H,1-3H3,(H,18,19)/t12-/m0/s1. The number of nitrogens with one attached hydrogen (secondary N) is 2. The fraction of sp³-hybridized carbons (Fsp3) is 0.462. The molecule has 19 heavy (non-hydrogen) atoms. The molecule has 0 aliphatic carbocycles. The predicted molar refractivity (Wildman–Crippen MR) is 81.0 cm³/mol. The van der Waals surface area contributed by atoms with E-state index in [1.807, 2.05) is 32.9 Å². The van der Waals surface area contributed by atoms with Crippen LogP contribution in [0.4, 0.5) is 0 Å². The van der Waals surface area contributed by atoms with Crippen LogP contribution in [-0.4, -0.2) is 21.9 Å². The van der Waals surface area contributed by atoms with Crippen molar-refractivity contribution in [3.05, 3.63) is 35.4 Å². The number of benzene rings is 1. The SMILES string of the molecule is Cc1ccc(C(=O)N[C@H](NC(C)C)C(Cl)(Cl)Cl)cc1. The highest BCUT2D eigenvalue weighted by Crippen LogP contribution is 2.29. The van der Waals surface area contributed by atoms with Crippen molar-refractivity contribution in [3.63, 3.8) is 0 Å². The van der Waals surface area contributed by atoms with Crippen molar-refractivity contribution in [2.24, 2.45) is 0 Å². The minimum Gasteiger partial charge on any atom is -0.333 e. The highest BCUT2D eigenvalue weighted by atomic mass is 35.6. The van der Waals surface area contributed by atoms with Gasteiger partial charge in [0, 0.05) is 11.6 Å². The van der Waals surface area contributed by atoms with Gasteiger partial charge in [-0.25, -0.2) is 0 Å². The number of amides is 1. The molecule has 0 aliphatic rings. The first-order valence-corrected chi connectivity index (χ1v) is 7.04. The number of carbonyl (C=O) groups excluding carboxylic acids is 1. The van der Waals surface area contributed by atoms with Crippen molar-refractivity contribution < 1.29 is 4.79 Å². The van der Waals surface area contributed by atoms with E-state index in [4.69, 9.17) is 34.8 Å². The Bertz CT molecular complexity index is 427. The molecular weight excluding hydrogens is 307 g/mol. The summed E-state index contributed by atoms with van der Waals surface area (Å²) in [6.07, 6.45) is -0.758. The maximum Gasteiger partial charge on any atom is 0.252 e. The van der Waals surface area contributed by atoms with E-state index in [2.05, 4.69) is 10.6 Å². The molecule has 1 aromatic rings. The third-order valence-corrected chi connectivity index (χ3v) is 3.07.